The van der Waals surface area contributed by atoms with Crippen molar-refractivity contribution >= 4 is 5.69 Å². The van der Waals surface area contributed by atoms with Crippen molar-refractivity contribution in [3.63, 3.8) is 0 Å². The SMILES string of the molecule is Cc1ccc2c(c1)NC(c1ccc(F)cc1F)CO2. The highest BCUT2D eigenvalue weighted by molar-refractivity contribution is 5.60. The molecule has 2 aromatic carbocycles. The molecule has 0 saturated heterocycles. The lowest BCUT2D eigenvalue weighted by molar-refractivity contribution is 0.283. The Labute approximate surface area is 110 Å². The van der Waals surface area contributed by atoms with E-state index in [1.54, 1.807) is 0 Å². The second-order valence-corrected chi connectivity index (χ2v) is 4.67. The van der Waals surface area contributed by atoms with Gasteiger partial charge in [0.15, 0.2) is 0 Å². The summed E-state index contributed by atoms with van der Waals surface area (Å²) in [6.07, 6.45) is 0. The summed E-state index contributed by atoms with van der Waals surface area (Å²) in [5, 5.41) is 3.23. The number of fused-ring (bicyclic) bond motifs is 1. The first kappa shape index (κ1) is 12.0. The summed E-state index contributed by atoms with van der Waals surface area (Å²) in [6.45, 7) is 2.29. The van der Waals surface area contributed by atoms with Crippen LogP contribution in [0.4, 0.5) is 14.5 Å². The van der Waals surface area contributed by atoms with Crippen LogP contribution in [-0.2, 0) is 0 Å². The first-order valence-corrected chi connectivity index (χ1v) is 6.08. The van der Waals surface area contributed by atoms with Crippen LogP contribution in [0.1, 0.15) is 17.2 Å². The van der Waals surface area contributed by atoms with Crippen molar-refractivity contribution in [1.82, 2.24) is 0 Å². The Hall–Kier alpha value is -2.10. The number of nitrogens with one attached hydrogen (secondary N) is 1. The smallest absolute Gasteiger partial charge is 0.142 e. The average Bonchev–Trinajstić information content (AvgIpc) is 2.38. The van der Waals surface area contributed by atoms with Gasteiger partial charge in [-0.2, -0.15) is 0 Å². The molecule has 1 unspecified atom stereocenters. The number of aryl methyl sites for hydroxylation is 1. The van der Waals surface area contributed by atoms with E-state index in [1.807, 2.05) is 25.1 Å². The molecule has 0 spiro atoms. The molecule has 0 aliphatic carbocycles. The molecule has 0 aromatic heterocycles. The number of benzene rings is 2. The number of hydrogen-bond donors (Lipinski definition) is 1. The van der Waals surface area contributed by atoms with Gasteiger partial charge in [-0.3, -0.25) is 0 Å². The third kappa shape index (κ3) is 2.26. The fourth-order valence-corrected chi connectivity index (χ4v) is 2.24. The van der Waals surface area contributed by atoms with E-state index >= 15 is 0 Å². The lowest BCUT2D eigenvalue weighted by Gasteiger charge is -2.28. The van der Waals surface area contributed by atoms with E-state index in [-0.39, 0.29) is 6.04 Å². The van der Waals surface area contributed by atoms with E-state index in [0.717, 1.165) is 23.1 Å². The summed E-state index contributed by atoms with van der Waals surface area (Å²) in [4.78, 5) is 0. The van der Waals surface area contributed by atoms with Crippen LogP contribution in [0.3, 0.4) is 0 Å². The van der Waals surface area contributed by atoms with Crippen LogP contribution in [0, 0.1) is 18.6 Å². The Kier molecular flexibility index (Phi) is 2.85. The summed E-state index contributed by atoms with van der Waals surface area (Å²) in [7, 11) is 0. The number of ether oxygens (including phenoxy) is 1. The summed E-state index contributed by atoms with van der Waals surface area (Å²) in [6, 6.07) is 9.08. The summed E-state index contributed by atoms with van der Waals surface area (Å²) < 4.78 is 32.3. The van der Waals surface area contributed by atoms with Gasteiger partial charge in [0.05, 0.1) is 11.7 Å². The normalized spacial score (nSPS) is 17.3. The Morgan fingerprint density at radius 3 is 2.79 bits per heavy atom. The molecule has 0 fully saturated rings. The molecule has 3 rings (SSSR count). The van der Waals surface area contributed by atoms with Gasteiger partial charge in [-0.05, 0) is 30.7 Å². The molecular weight excluding hydrogens is 248 g/mol. The predicted molar refractivity (Wildman–Crippen MR) is 69.4 cm³/mol. The van der Waals surface area contributed by atoms with E-state index in [4.69, 9.17) is 4.74 Å². The van der Waals surface area contributed by atoms with Crippen molar-refractivity contribution in [3.05, 3.63) is 59.2 Å². The third-order valence-corrected chi connectivity index (χ3v) is 3.21. The summed E-state index contributed by atoms with van der Waals surface area (Å²) in [5.41, 5.74) is 2.34. The van der Waals surface area contributed by atoms with Crippen molar-refractivity contribution < 1.29 is 13.5 Å². The zero-order chi connectivity index (χ0) is 13.4. The van der Waals surface area contributed by atoms with Crippen LogP contribution in [0.2, 0.25) is 0 Å². The minimum absolute atomic E-state index is 0.310. The lowest BCUT2D eigenvalue weighted by Crippen LogP contribution is -2.24. The molecule has 0 radical (unpaired) electrons. The molecule has 98 valence electrons. The van der Waals surface area contributed by atoms with E-state index in [9.17, 15) is 8.78 Å². The maximum Gasteiger partial charge on any atom is 0.142 e. The Bertz CT molecular complexity index is 628. The molecule has 0 saturated carbocycles. The van der Waals surface area contributed by atoms with Crippen molar-refractivity contribution in [3.8, 4) is 5.75 Å². The topological polar surface area (TPSA) is 21.3 Å². The van der Waals surface area contributed by atoms with Crippen LogP contribution in [0.25, 0.3) is 0 Å². The molecule has 2 nitrogen and oxygen atoms in total. The lowest BCUT2D eigenvalue weighted by atomic mass is 10.0. The van der Waals surface area contributed by atoms with Gasteiger partial charge in [-0.25, -0.2) is 8.78 Å². The molecule has 1 heterocycles. The number of hydrogen-bond acceptors (Lipinski definition) is 2. The van der Waals surface area contributed by atoms with E-state index in [0.29, 0.717) is 12.2 Å². The van der Waals surface area contributed by atoms with Crippen molar-refractivity contribution in [2.75, 3.05) is 11.9 Å². The highest BCUT2D eigenvalue weighted by atomic mass is 19.1. The Morgan fingerprint density at radius 2 is 2.00 bits per heavy atom. The molecule has 19 heavy (non-hydrogen) atoms. The first-order valence-electron chi connectivity index (χ1n) is 6.08. The molecular formula is C15H13F2NO. The average molecular weight is 261 g/mol. The van der Waals surface area contributed by atoms with Gasteiger partial charge in [0.2, 0.25) is 0 Å². The van der Waals surface area contributed by atoms with Crippen LogP contribution >= 0.6 is 0 Å². The van der Waals surface area contributed by atoms with Crippen molar-refractivity contribution in [2.24, 2.45) is 0 Å². The Balaban J connectivity index is 1.93. The van der Waals surface area contributed by atoms with Gasteiger partial charge in [0, 0.05) is 11.6 Å². The minimum atomic E-state index is -0.575. The molecule has 0 bridgehead atoms. The second kappa shape index (κ2) is 4.53. The van der Waals surface area contributed by atoms with Crippen LogP contribution in [-0.4, -0.2) is 6.61 Å². The van der Waals surface area contributed by atoms with Gasteiger partial charge < -0.3 is 10.1 Å². The standard InChI is InChI=1S/C15H13F2NO/c1-9-2-5-15-13(6-9)18-14(8-19-15)11-4-3-10(16)7-12(11)17/h2-7,14,18H,8H2,1H3. The van der Waals surface area contributed by atoms with Crippen LogP contribution < -0.4 is 10.1 Å². The molecule has 1 atom stereocenters. The molecule has 1 N–H and O–H groups in total. The summed E-state index contributed by atoms with van der Waals surface area (Å²) in [5.74, 6) is -0.379. The van der Waals surface area contributed by atoms with Gasteiger partial charge in [-0.15, -0.1) is 0 Å². The van der Waals surface area contributed by atoms with Gasteiger partial charge in [-0.1, -0.05) is 12.1 Å². The Morgan fingerprint density at radius 1 is 1.16 bits per heavy atom. The maximum atomic E-state index is 13.8. The van der Waals surface area contributed by atoms with E-state index < -0.39 is 11.6 Å². The minimum Gasteiger partial charge on any atom is -0.489 e. The van der Waals surface area contributed by atoms with E-state index in [1.165, 1.54) is 12.1 Å². The maximum absolute atomic E-state index is 13.8. The van der Waals surface area contributed by atoms with E-state index in [2.05, 4.69) is 5.32 Å². The van der Waals surface area contributed by atoms with Crippen LogP contribution in [0.15, 0.2) is 36.4 Å². The first-order chi connectivity index (χ1) is 9.13. The zero-order valence-corrected chi connectivity index (χ0v) is 10.4. The number of anilines is 1. The van der Waals surface area contributed by atoms with Crippen molar-refractivity contribution in [2.45, 2.75) is 13.0 Å². The summed E-state index contributed by atoms with van der Waals surface area (Å²) >= 11 is 0. The highest BCUT2D eigenvalue weighted by Crippen LogP contribution is 2.35. The monoisotopic (exact) mass is 261 g/mol. The second-order valence-electron chi connectivity index (χ2n) is 4.67. The van der Waals surface area contributed by atoms with Crippen molar-refractivity contribution in [1.29, 1.82) is 0 Å². The quantitative estimate of drug-likeness (QED) is 0.842. The van der Waals surface area contributed by atoms with Gasteiger partial charge in [0.25, 0.3) is 0 Å². The number of rotatable bonds is 1. The fraction of sp³-hybridized carbons (Fsp3) is 0.200. The zero-order valence-electron chi connectivity index (χ0n) is 10.4. The predicted octanol–water partition coefficient (Wildman–Crippen LogP) is 3.82. The molecule has 0 amide bonds. The molecule has 2 aromatic rings. The molecule has 1 aliphatic heterocycles. The van der Waals surface area contributed by atoms with Gasteiger partial charge in [0.1, 0.15) is 24.0 Å². The molecule has 1 aliphatic rings. The third-order valence-electron chi connectivity index (χ3n) is 3.21. The molecule has 4 heteroatoms. The van der Waals surface area contributed by atoms with Gasteiger partial charge >= 0.3 is 0 Å². The fourth-order valence-electron chi connectivity index (χ4n) is 2.24. The largest absolute Gasteiger partial charge is 0.489 e. The highest BCUT2D eigenvalue weighted by Gasteiger charge is 2.23. The number of halogens is 2. The van der Waals surface area contributed by atoms with Crippen LogP contribution in [0.5, 0.6) is 5.75 Å².